The molecule has 10 heteroatoms. The summed E-state index contributed by atoms with van der Waals surface area (Å²) in [5.74, 6) is -1.19. The van der Waals surface area contributed by atoms with Crippen LogP contribution in [0.25, 0.3) is 0 Å². The molecule has 0 spiro atoms. The Bertz CT molecular complexity index is 771. The maximum atomic E-state index is 12.0. The van der Waals surface area contributed by atoms with Crippen molar-refractivity contribution in [3.63, 3.8) is 0 Å². The number of halogens is 1. The van der Waals surface area contributed by atoms with Gasteiger partial charge < -0.3 is 5.11 Å². The van der Waals surface area contributed by atoms with Gasteiger partial charge in [0, 0.05) is 7.05 Å². The zero-order valence-electron chi connectivity index (χ0n) is 10.1. The van der Waals surface area contributed by atoms with E-state index >= 15 is 0 Å². The Hall–Kier alpha value is -2.13. The van der Waals surface area contributed by atoms with Crippen molar-refractivity contribution in [2.24, 2.45) is 7.05 Å². The second-order valence-electron chi connectivity index (χ2n) is 3.83. The molecule has 8 nitrogen and oxygen atoms in total. The highest BCUT2D eigenvalue weighted by atomic mass is 35.5. The van der Waals surface area contributed by atoms with Crippen LogP contribution in [0.15, 0.2) is 29.3 Å². The van der Waals surface area contributed by atoms with Crippen molar-refractivity contribution in [3.05, 3.63) is 35.0 Å². The quantitative estimate of drug-likeness (QED) is 0.868. The Morgan fingerprint density at radius 1 is 1.45 bits per heavy atom. The zero-order chi connectivity index (χ0) is 14.9. The standard InChI is InChI=1S/C10H9ClN4O4S/c1-15-5-9(12-14-15)13-20(18,19)6-2-3-7(10(16)17)8(11)4-6/h2-5,13H,1H3,(H,16,17). The highest BCUT2D eigenvalue weighted by Crippen LogP contribution is 2.22. The van der Waals surface area contributed by atoms with E-state index in [0.717, 1.165) is 18.2 Å². The smallest absolute Gasteiger partial charge is 0.337 e. The lowest BCUT2D eigenvalue weighted by atomic mass is 10.2. The molecule has 0 aliphatic carbocycles. The first-order valence-electron chi connectivity index (χ1n) is 5.21. The molecular formula is C10H9ClN4O4S. The van der Waals surface area contributed by atoms with Crippen molar-refractivity contribution >= 4 is 33.4 Å². The molecule has 0 saturated carbocycles. The van der Waals surface area contributed by atoms with E-state index in [2.05, 4.69) is 15.0 Å². The number of anilines is 1. The lowest BCUT2D eigenvalue weighted by Crippen LogP contribution is -2.13. The van der Waals surface area contributed by atoms with E-state index in [9.17, 15) is 13.2 Å². The molecule has 0 aliphatic heterocycles. The lowest BCUT2D eigenvalue weighted by molar-refractivity contribution is 0.0697. The summed E-state index contributed by atoms with van der Waals surface area (Å²) in [7, 11) is -2.32. The van der Waals surface area contributed by atoms with Crippen LogP contribution in [0.2, 0.25) is 5.02 Å². The van der Waals surface area contributed by atoms with E-state index in [1.807, 2.05) is 0 Å². The molecule has 0 radical (unpaired) electrons. The molecule has 0 aliphatic rings. The van der Waals surface area contributed by atoms with Crippen LogP contribution in [-0.4, -0.2) is 34.5 Å². The molecule has 0 fully saturated rings. The second-order valence-corrected chi connectivity index (χ2v) is 5.92. The largest absolute Gasteiger partial charge is 0.478 e. The summed E-state index contributed by atoms with van der Waals surface area (Å²) in [6, 6.07) is 3.33. The maximum Gasteiger partial charge on any atom is 0.337 e. The molecule has 0 atom stereocenters. The Morgan fingerprint density at radius 2 is 2.15 bits per heavy atom. The minimum absolute atomic E-state index is 0.0472. The molecule has 1 heterocycles. The van der Waals surface area contributed by atoms with E-state index in [1.165, 1.54) is 10.9 Å². The zero-order valence-corrected chi connectivity index (χ0v) is 11.7. The highest BCUT2D eigenvalue weighted by Gasteiger charge is 2.19. The normalized spacial score (nSPS) is 11.3. The first-order valence-corrected chi connectivity index (χ1v) is 7.08. The minimum atomic E-state index is -3.91. The number of aromatic carboxylic acids is 1. The number of aryl methyl sites for hydroxylation is 1. The summed E-state index contributed by atoms with van der Waals surface area (Å²) in [5.41, 5.74) is -0.176. The molecule has 1 aromatic carbocycles. The van der Waals surface area contributed by atoms with E-state index in [-0.39, 0.29) is 21.3 Å². The molecule has 2 N–H and O–H groups in total. The van der Waals surface area contributed by atoms with Crippen LogP contribution in [0.4, 0.5) is 5.82 Å². The molecule has 2 rings (SSSR count). The number of nitrogens with zero attached hydrogens (tertiary/aromatic N) is 3. The van der Waals surface area contributed by atoms with Gasteiger partial charge in [-0.2, -0.15) is 0 Å². The first kappa shape index (κ1) is 14.3. The summed E-state index contributed by atoms with van der Waals surface area (Å²) >= 11 is 5.73. The van der Waals surface area contributed by atoms with Gasteiger partial charge in [-0.05, 0) is 18.2 Å². The number of sulfonamides is 1. The summed E-state index contributed by atoms with van der Waals surface area (Å²) in [6.45, 7) is 0. The molecule has 0 bridgehead atoms. The van der Waals surface area contributed by atoms with Crippen molar-refractivity contribution in [1.82, 2.24) is 15.0 Å². The molecule has 2 aromatic rings. The second kappa shape index (κ2) is 5.10. The number of carboxylic acids is 1. The number of nitrogens with one attached hydrogen (secondary N) is 1. The number of rotatable bonds is 4. The van der Waals surface area contributed by atoms with Gasteiger partial charge in [-0.25, -0.2) is 13.2 Å². The molecule has 20 heavy (non-hydrogen) atoms. The first-order chi connectivity index (χ1) is 9.29. The molecular weight excluding hydrogens is 308 g/mol. The Labute approximate surface area is 119 Å². The van der Waals surface area contributed by atoms with Crippen LogP contribution in [0.5, 0.6) is 0 Å². The lowest BCUT2D eigenvalue weighted by Gasteiger charge is -2.06. The van der Waals surface area contributed by atoms with Gasteiger partial charge in [-0.15, -0.1) is 5.10 Å². The van der Waals surface area contributed by atoms with Crippen molar-refractivity contribution in [1.29, 1.82) is 0 Å². The van der Waals surface area contributed by atoms with Gasteiger partial charge in [-0.3, -0.25) is 9.40 Å². The maximum absolute atomic E-state index is 12.0. The van der Waals surface area contributed by atoms with Crippen molar-refractivity contribution < 1.29 is 18.3 Å². The summed E-state index contributed by atoms with van der Waals surface area (Å²) < 4.78 is 27.6. The van der Waals surface area contributed by atoms with Crippen LogP contribution < -0.4 is 4.72 Å². The Kier molecular flexibility index (Phi) is 3.64. The number of benzene rings is 1. The molecule has 0 saturated heterocycles. The third kappa shape index (κ3) is 2.89. The van der Waals surface area contributed by atoms with E-state index in [4.69, 9.17) is 16.7 Å². The van der Waals surface area contributed by atoms with E-state index in [0.29, 0.717) is 0 Å². The fraction of sp³-hybridized carbons (Fsp3) is 0.100. The molecule has 1 aromatic heterocycles. The molecule has 0 unspecified atom stereocenters. The van der Waals surface area contributed by atoms with Gasteiger partial charge in [0.05, 0.1) is 21.7 Å². The Morgan fingerprint density at radius 3 is 2.65 bits per heavy atom. The van der Waals surface area contributed by atoms with E-state index in [1.54, 1.807) is 7.05 Å². The third-order valence-corrected chi connectivity index (χ3v) is 3.99. The highest BCUT2D eigenvalue weighted by molar-refractivity contribution is 7.92. The van der Waals surface area contributed by atoms with Gasteiger partial charge in [-0.1, -0.05) is 16.8 Å². The third-order valence-electron chi connectivity index (χ3n) is 2.32. The number of carboxylic acid groups (broad SMARTS) is 1. The number of hydrogen-bond acceptors (Lipinski definition) is 5. The van der Waals surface area contributed by atoms with Crippen LogP contribution in [0, 0.1) is 0 Å². The summed E-state index contributed by atoms with van der Waals surface area (Å²) in [6.07, 6.45) is 1.38. The topological polar surface area (TPSA) is 114 Å². The van der Waals surface area contributed by atoms with E-state index < -0.39 is 16.0 Å². The van der Waals surface area contributed by atoms with Crippen LogP contribution in [-0.2, 0) is 17.1 Å². The fourth-order valence-corrected chi connectivity index (χ4v) is 2.76. The van der Waals surface area contributed by atoms with Crippen molar-refractivity contribution in [2.45, 2.75) is 4.90 Å². The van der Waals surface area contributed by atoms with Crippen LogP contribution in [0.1, 0.15) is 10.4 Å². The van der Waals surface area contributed by atoms with Gasteiger partial charge in [0.2, 0.25) is 0 Å². The number of hydrogen-bond donors (Lipinski definition) is 2. The van der Waals surface area contributed by atoms with Crippen LogP contribution >= 0.6 is 11.6 Å². The Balaban J connectivity index is 2.35. The van der Waals surface area contributed by atoms with Crippen molar-refractivity contribution in [3.8, 4) is 0 Å². The summed E-state index contributed by atoms with van der Waals surface area (Å²) in [5, 5.41) is 15.8. The van der Waals surface area contributed by atoms with Gasteiger partial charge in [0.25, 0.3) is 10.0 Å². The van der Waals surface area contributed by atoms with Crippen molar-refractivity contribution in [2.75, 3.05) is 4.72 Å². The predicted octanol–water partition coefficient (Wildman–Crippen LogP) is 0.968. The predicted molar refractivity (Wildman–Crippen MR) is 70.2 cm³/mol. The van der Waals surface area contributed by atoms with Gasteiger partial charge in [0.1, 0.15) is 0 Å². The average molecular weight is 317 g/mol. The number of carbonyl (C=O) groups is 1. The van der Waals surface area contributed by atoms with Gasteiger partial charge in [0.15, 0.2) is 5.82 Å². The van der Waals surface area contributed by atoms with Crippen LogP contribution in [0.3, 0.4) is 0 Å². The monoisotopic (exact) mass is 316 g/mol. The molecule has 0 amide bonds. The minimum Gasteiger partial charge on any atom is -0.478 e. The summed E-state index contributed by atoms with van der Waals surface area (Å²) in [4.78, 5) is 10.6. The number of aromatic nitrogens is 3. The molecule has 106 valence electrons. The van der Waals surface area contributed by atoms with Gasteiger partial charge >= 0.3 is 5.97 Å². The SMILES string of the molecule is Cn1cc(NS(=O)(=O)c2ccc(C(=O)O)c(Cl)c2)nn1. The fourth-order valence-electron chi connectivity index (χ4n) is 1.43. The average Bonchev–Trinajstić information content (AvgIpc) is 2.73.